The lowest BCUT2D eigenvalue weighted by Gasteiger charge is -2.32. The number of amides is 1. The Labute approximate surface area is 123 Å². The Hall–Kier alpha value is -1.85. The van der Waals surface area contributed by atoms with Crippen LogP contribution in [0.5, 0.6) is 0 Å². The second-order valence-corrected chi connectivity index (χ2v) is 5.45. The fraction of sp³-hybridized carbons (Fsp3) is 0.438. The van der Waals surface area contributed by atoms with Gasteiger partial charge in [0.2, 0.25) is 5.91 Å². The van der Waals surface area contributed by atoms with Gasteiger partial charge in [0.25, 0.3) is 0 Å². The van der Waals surface area contributed by atoms with Gasteiger partial charge in [-0.3, -0.25) is 4.79 Å². The summed E-state index contributed by atoms with van der Waals surface area (Å²) in [4.78, 5) is 14.3. The van der Waals surface area contributed by atoms with Crippen molar-refractivity contribution in [1.29, 1.82) is 0 Å². The van der Waals surface area contributed by atoms with E-state index in [1.807, 2.05) is 29.7 Å². The van der Waals surface area contributed by atoms with Crippen LogP contribution >= 0.6 is 0 Å². The number of hydrogen-bond acceptors (Lipinski definition) is 3. The molecule has 1 aliphatic heterocycles. The molecule has 1 atom stereocenters. The lowest BCUT2D eigenvalue weighted by molar-refractivity contribution is -0.140. The lowest BCUT2D eigenvalue weighted by Crippen LogP contribution is -2.47. The number of aromatic nitrogens is 1. The standard InChI is InChI=1S/C16H20N2O3/c1-12-8-13-4-2-3-5-15(13)18(12)10-16(20)17-6-7-21-14(9-17)11-19/h2-5,8,14,19H,6-7,9-11H2,1H3. The van der Waals surface area contributed by atoms with Gasteiger partial charge in [-0.05, 0) is 24.4 Å². The predicted molar refractivity (Wildman–Crippen MR) is 80.1 cm³/mol. The van der Waals surface area contributed by atoms with Gasteiger partial charge in [0.05, 0.1) is 19.3 Å². The number of para-hydroxylation sites is 1. The molecule has 0 bridgehead atoms. The molecule has 0 saturated carbocycles. The number of aryl methyl sites for hydroxylation is 1. The van der Waals surface area contributed by atoms with Crippen LogP contribution in [0, 0.1) is 6.92 Å². The van der Waals surface area contributed by atoms with Gasteiger partial charge in [-0.2, -0.15) is 0 Å². The molecule has 1 aromatic heterocycles. The van der Waals surface area contributed by atoms with Gasteiger partial charge in [-0.25, -0.2) is 0 Å². The quantitative estimate of drug-likeness (QED) is 0.922. The van der Waals surface area contributed by atoms with E-state index >= 15 is 0 Å². The first-order chi connectivity index (χ1) is 10.2. The average Bonchev–Trinajstić information content (AvgIpc) is 2.83. The van der Waals surface area contributed by atoms with Crippen molar-refractivity contribution < 1.29 is 14.6 Å². The molecule has 1 saturated heterocycles. The van der Waals surface area contributed by atoms with Crippen molar-refractivity contribution in [3.63, 3.8) is 0 Å². The molecule has 1 aliphatic rings. The number of rotatable bonds is 3. The number of hydrogen-bond donors (Lipinski definition) is 1. The summed E-state index contributed by atoms with van der Waals surface area (Å²) in [6.07, 6.45) is -0.259. The molecule has 0 spiro atoms. The number of aliphatic hydroxyl groups is 1. The third-order valence-electron chi connectivity index (χ3n) is 4.01. The van der Waals surface area contributed by atoms with Gasteiger partial charge in [-0.15, -0.1) is 0 Å². The SMILES string of the molecule is Cc1cc2ccccc2n1CC(=O)N1CCOC(CO)C1. The van der Waals surface area contributed by atoms with Crippen molar-refractivity contribution in [3.05, 3.63) is 36.0 Å². The molecule has 0 aliphatic carbocycles. The molecule has 5 nitrogen and oxygen atoms in total. The summed E-state index contributed by atoms with van der Waals surface area (Å²) in [5.74, 6) is 0.0706. The van der Waals surface area contributed by atoms with Crippen molar-refractivity contribution in [2.75, 3.05) is 26.3 Å². The third kappa shape index (κ3) is 2.80. The minimum absolute atomic E-state index is 0.0464. The van der Waals surface area contributed by atoms with Crippen LogP contribution in [0.2, 0.25) is 0 Å². The average molecular weight is 288 g/mol. The second-order valence-electron chi connectivity index (χ2n) is 5.45. The van der Waals surface area contributed by atoms with Crippen molar-refractivity contribution in [1.82, 2.24) is 9.47 Å². The maximum absolute atomic E-state index is 12.5. The molecule has 3 rings (SSSR count). The van der Waals surface area contributed by atoms with E-state index in [0.29, 0.717) is 26.2 Å². The van der Waals surface area contributed by atoms with E-state index in [4.69, 9.17) is 9.84 Å². The molecule has 1 fully saturated rings. The fourth-order valence-corrected chi connectivity index (χ4v) is 2.85. The molecular weight excluding hydrogens is 268 g/mol. The van der Waals surface area contributed by atoms with Crippen molar-refractivity contribution in [2.24, 2.45) is 0 Å². The zero-order valence-electron chi connectivity index (χ0n) is 12.2. The molecule has 2 heterocycles. The van der Waals surface area contributed by atoms with Crippen molar-refractivity contribution >= 4 is 16.8 Å². The number of aliphatic hydroxyl groups excluding tert-OH is 1. The molecule has 21 heavy (non-hydrogen) atoms. The summed E-state index contributed by atoms with van der Waals surface area (Å²) in [5, 5.41) is 10.3. The van der Waals surface area contributed by atoms with Crippen LogP contribution in [0.3, 0.4) is 0 Å². The number of carbonyl (C=O) groups excluding carboxylic acids is 1. The molecule has 112 valence electrons. The summed E-state index contributed by atoms with van der Waals surface area (Å²) in [6.45, 7) is 3.85. The van der Waals surface area contributed by atoms with Gasteiger partial charge in [0, 0.05) is 24.3 Å². The van der Waals surface area contributed by atoms with Gasteiger partial charge in [0.1, 0.15) is 6.54 Å². The van der Waals surface area contributed by atoms with Crippen molar-refractivity contribution in [2.45, 2.75) is 19.6 Å². The molecule has 1 unspecified atom stereocenters. The van der Waals surface area contributed by atoms with Crippen LogP contribution in [0.1, 0.15) is 5.69 Å². The monoisotopic (exact) mass is 288 g/mol. The Morgan fingerprint density at radius 2 is 2.24 bits per heavy atom. The highest BCUT2D eigenvalue weighted by molar-refractivity contribution is 5.84. The second kappa shape index (κ2) is 5.87. The highest BCUT2D eigenvalue weighted by Crippen LogP contribution is 2.19. The Kier molecular flexibility index (Phi) is 3.94. The van der Waals surface area contributed by atoms with Gasteiger partial charge in [-0.1, -0.05) is 18.2 Å². The van der Waals surface area contributed by atoms with Crippen LogP contribution < -0.4 is 0 Å². The smallest absolute Gasteiger partial charge is 0.242 e. The first kappa shape index (κ1) is 14.1. The van der Waals surface area contributed by atoms with E-state index < -0.39 is 0 Å². The first-order valence-electron chi connectivity index (χ1n) is 7.24. The maximum atomic E-state index is 12.5. The van der Waals surface area contributed by atoms with Crippen LogP contribution in [-0.4, -0.2) is 52.9 Å². The minimum Gasteiger partial charge on any atom is -0.394 e. The normalized spacial score (nSPS) is 19.1. The molecule has 1 amide bonds. The Morgan fingerprint density at radius 3 is 3.05 bits per heavy atom. The summed E-state index contributed by atoms with van der Waals surface area (Å²) in [5.41, 5.74) is 2.16. The molecular formula is C16H20N2O3. The zero-order chi connectivity index (χ0) is 14.8. The highest BCUT2D eigenvalue weighted by Gasteiger charge is 2.24. The third-order valence-corrected chi connectivity index (χ3v) is 4.01. The summed E-state index contributed by atoms with van der Waals surface area (Å²) >= 11 is 0. The van der Waals surface area contributed by atoms with Crippen LogP contribution in [0.15, 0.2) is 30.3 Å². The van der Waals surface area contributed by atoms with Crippen LogP contribution in [-0.2, 0) is 16.1 Å². The van der Waals surface area contributed by atoms with Gasteiger partial charge >= 0.3 is 0 Å². The predicted octanol–water partition coefficient (Wildman–Crippen LogP) is 1.17. The van der Waals surface area contributed by atoms with E-state index in [2.05, 4.69) is 12.1 Å². The van der Waals surface area contributed by atoms with E-state index in [0.717, 1.165) is 16.6 Å². The number of carbonyl (C=O) groups is 1. The van der Waals surface area contributed by atoms with Gasteiger partial charge in [0.15, 0.2) is 0 Å². The summed E-state index contributed by atoms with van der Waals surface area (Å²) in [6, 6.07) is 10.2. The summed E-state index contributed by atoms with van der Waals surface area (Å²) in [7, 11) is 0. The molecule has 2 aromatic rings. The van der Waals surface area contributed by atoms with E-state index in [1.54, 1.807) is 4.90 Å². The Morgan fingerprint density at radius 1 is 1.43 bits per heavy atom. The summed E-state index contributed by atoms with van der Waals surface area (Å²) < 4.78 is 7.43. The first-order valence-corrected chi connectivity index (χ1v) is 7.24. The number of morpholine rings is 1. The topological polar surface area (TPSA) is 54.7 Å². The molecule has 0 radical (unpaired) electrons. The molecule has 5 heteroatoms. The minimum atomic E-state index is -0.259. The largest absolute Gasteiger partial charge is 0.394 e. The maximum Gasteiger partial charge on any atom is 0.242 e. The van der Waals surface area contributed by atoms with E-state index in [1.165, 1.54) is 0 Å². The zero-order valence-corrected chi connectivity index (χ0v) is 12.2. The number of nitrogens with zero attached hydrogens (tertiary/aromatic N) is 2. The lowest BCUT2D eigenvalue weighted by atomic mass is 10.2. The fourth-order valence-electron chi connectivity index (χ4n) is 2.85. The van der Waals surface area contributed by atoms with Crippen molar-refractivity contribution in [3.8, 4) is 0 Å². The van der Waals surface area contributed by atoms with E-state index in [9.17, 15) is 4.79 Å². The Balaban J connectivity index is 1.78. The van der Waals surface area contributed by atoms with Crippen LogP contribution in [0.4, 0.5) is 0 Å². The number of fused-ring (bicyclic) bond motifs is 1. The number of benzene rings is 1. The van der Waals surface area contributed by atoms with Gasteiger partial charge < -0.3 is 19.3 Å². The van der Waals surface area contributed by atoms with E-state index in [-0.39, 0.29) is 18.6 Å². The van der Waals surface area contributed by atoms with Crippen LogP contribution in [0.25, 0.3) is 10.9 Å². The number of ether oxygens (including phenoxy) is 1. The highest BCUT2D eigenvalue weighted by atomic mass is 16.5. The molecule has 1 aromatic carbocycles. The molecule has 1 N–H and O–H groups in total. The Bertz CT molecular complexity index is 650.